The number of unbranched alkanes of at least 4 members (excludes halogenated alkanes) is 1. The first-order valence-electron chi connectivity index (χ1n) is 18.3. The normalized spacial score (nSPS) is 20.1. The van der Waals surface area contributed by atoms with Crippen molar-refractivity contribution in [3.63, 3.8) is 0 Å². The van der Waals surface area contributed by atoms with Crippen molar-refractivity contribution >= 4 is 23.4 Å². The van der Waals surface area contributed by atoms with E-state index in [9.17, 15) is 19.8 Å². The Hall–Kier alpha value is -4.13. The highest BCUT2D eigenvalue weighted by Crippen LogP contribution is 2.40. The fraction of sp³-hybridized carbons (Fsp3) is 0.381. The average Bonchev–Trinajstić information content (AvgIpc) is 3.20. The lowest BCUT2D eigenvalue weighted by atomic mass is 9.84. The van der Waals surface area contributed by atoms with Crippen molar-refractivity contribution in [3.05, 3.63) is 130 Å². The number of aliphatic hydroxyl groups is 2. The molecule has 0 bridgehead atoms. The van der Waals surface area contributed by atoms with Gasteiger partial charge in [-0.2, -0.15) is 0 Å². The predicted molar refractivity (Wildman–Crippen MR) is 202 cm³/mol. The zero-order valence-corrected chi connectivity index (χ0v) is 30.5. The fourth-order valence-electron chi connectivity index (χ4n) is 7.12. The molecule has 2 saturated heterocycles. The minimum absolute atomic E-state index is 0.0226. The van der Waals surface area contributed by atoms with Gasteiger partial charge in [0.25, 0.3) is 0 Å². The lowest BCUT2D eigenvalue weighted by Crippen LogP contribution is -2.46. The molecule has 0 spiro atoms. The van der Waals surface area contributed by atoms with E-state index in [0.29, 0.717) is 56.6 Å². The third-order valence-electron chi connectivity index (χ3n) is 10.2. The van der Waals surface area contributed by atoms with Crippen molar-refractivity contribution < 1.29 is 34.5 Å². The van der Waals surface area contributed by atoms with Crippen LogP contribution in [0, 0.1) is 0 Å². The minimum Gasteiger partial charge on any atom is -0.392 e. The highest BCUT2D eigenvalue weighted by Gasteiger charge is 2.37. The van der Waals surface area contributed by atoms with Crippen LogP contribution in [-0.2, 0) is 37.8 Å². The van der Waals surface area contributed by atoms with Gasteiger partial charge in [-0.3, -0.25) is 14.8 Å². The average molecular weight is 742 g/mol. The van der Waals surface area contributed by atoms with Gasteiger partial charge >= 0.3 is 0 Å². The minimum atomic E-state index is -0.887. The molecule has 2 heterocycles. The second kappa shape index (κ2) is 18.3. The number of nitrogens with one attached hydrogen (secondary N) is 2. The molecule has 11 heteroatoms. The number of piperidine rings is 1. The van der Waals surface area contributed by atoms with E-state index < -0.39 is 17.8 Å². The quantitative estimate of drug-likeness (QED) is 0.0546. The number of halogens is 1. The summed E-state index contributed by atoms with van der Waals surface area (Å²) in [7, 11) is 0. The van der Waals surface area contributed by atoms with Gasteiger partial charge in [0.2, 0.25) is 11.8 Å². The summed E-state index contributed by atoms with van der Waals surface area (Å²) in [5.41, 5.74) is 7.33. The van der Waals surface area contributed by atoms with Gasteiger partial charge in [0.05, 0.1) is 24.4 Å². The molecule has 5 N–H and O–H groups in total. The zero-order valence-electron chi connectivity index (χ0n) is 29.8. The molecule has 0 aliphatic carbocycles. The molecule has 6 rings (SSSR count). The zero-order chi connectivity index (χ0) is 37.2. The number of amides is 2. The van der Waals surface area contributed by atoms with Gasteiger partial charge in [0.15, 0.2) is 6.29 Å². The molecule has 280 valence electrons. The van der Waals surface area contributed by atoms with Crippen LogP contribution >= 0.6 is 11.6 Å². The van der Waals surface area contributed by atoms with Gasteiger partial charge in [0.1, 0.15) is 0 Å². The van der Waals surface area contributed by atoms with Gasteiger partial charge in [0, 0.05) is 56.0 Å². The molecule has 4 aromatic carbocycles. The van der Waals surface area contributed by atoms with Crippen molar-refractivity contribution in [1.82, 2.24) is 15.7 Å². The van der Waals surface area contributed by atoms with Crippen molar-refractivity contribution in [2.24, 2.45) is 0 Å². The van der Waals surface area contributed by atoms with Gasteiger partial charge in [-0.05, 0) is 83.3 Å². The summed E-state index contributed by atoms with van der Waals surface area (Å²) in [6, 6.07) is 31.5. The maximum atomic E-state index is 12.4. The molecular weight excluding hydrogens is 694 g/mol. The summed E-state index contributed by atoms with van der Waals surface area (Å²) < 4.78 is 13.4. The highest BCUT2D eigenvalue weighted by atomic mass is 35.5. The Morgan fingerprint density at radius 1 is 0.811 bits per heavy atom. The third-order valence-corrected chi connectivity index (χ3v) is 10.5. The topological polar surface area (TPSA) is 141 Å². The summed E-state index contributed by atoms with van der Waals surface area (Å²) in [6.07, 6.45) is 2.49. The van der Waals surface area contributed by atoms with E-state index >= 15 is 0 Å². The Kier molecular flexibility index (Phi) is 13.3. The van der Waals surface area contributed by atoms with Crippen molar-refractivity contribution in [3.8, 4) is 11.1 Å². The van der Waals surface area contributed by atoms with Gasteiger partial charge in [-0.15, -0.1) is 0 Å². The van der Waals surface area contributed by atoms with E-state index in [2.05, 4.69) is 22.3 Å². The molecule has 0 unspecified atom stereocenters. The summed E-state index contributed by atoms with van der Waals surface area (Å²) >= 11 is 6.10. The van der Waals surface area contributed by atoms with Crippen LogP contribution < -0.4 is 10.8 Å². The van der Waals surface area contributed by atoms with Gasteiger partial charge < -0.3 is 29.9 Å². The molecule has 0 radical (unpaired) electrons. The molecule has 10 nitrogen and oxygen atoms in total. The standard InChI is InChI=1S/C42H48ClN3O7/c43-36-17-15-35(16-18-36)42(50)19-21-46(22-20-42)27-37-25-38(31-13-11-29(28-47)12-14-31)53-41(52-37)34-8-4-7-33(24-34)32-6-3-5-30(23-32)26-44-39(48)9-1-2-10-40(49)45-51/h3-8,11-18,23-24,37-38,41,47,50-51H,1-2,9-10,19-22,25-28H2,(H,44,48)(H,45,49)/t37-,38+,41+/m1/s1. The molecule has 0 saturated carbocycles. The van der Waals surface area contributed by atoms with E-state index in [1.807, 2.05) is 84.9 Å². The monoisotopic (exact) mass is 741 g/mol. The molecular formula is C42H48ClN3O7. The Bertz CT molecular complexity index is 1810. The smallest absolute Gasteiger partial charge is 0.243 e. The number of likely N-dealkylation sites (tertiary alicyclic amines) is 1. The number of carbonyl (C=O) groups is 2. The molecule has 2 amide bonds. The SMILES string of the molecule is O=C(CCCCC(=O)NCc1cccc(-c2cccc([C@H]3O[C@@H](CN4CCC(O)(c5ccc(Cl)cc5)CC4)C[C@@H](c4ccc(CO)cc4)O3)c2)c1)NO. The molecule has 2 aliphatic heterocycles. The third kappa shape index (κ3) is 10.5. The summed E-state index contributed by atoms with van der Waals surface area (Å²) in [4.78, 5) is 25.9. The fourth-order valence-corrected chi connectivity index (χ4v) is 7.24. The summed E-state index contributed by atoms with van der Waals surface area (Å²) in [6.45, 7) is 2.52. The number of hydroxylamine groups is 1. The lowest BCUT2D eigenvalue weighted by Gasteiger charge is -2.42. The van der Waals surface area contributed by atoms with Crippen LogP contribution in [0.4, 0.5) is 0 Å². The van der Waals surface area contributed by atoms with E-state index in [1.165, 1.54) is 0 Å². The molecule has 0 aromatic heterocycles. The first kappa shape index (κ1) is 38.6. The van der Waals surface area contributed by atoms with Crippen molar-refractivity contribution in [2.45, 2.75) is 82.2 Å². The summed E-state index contributed by atoms with van der Waals surface area (Å²) in [5.74, 6) is -0.547. The Morgan fingerprint density at radius 2 is 1.49 bits per heavy atom. The Morgan fingerprint density at radius 3 is 2.19 bits per heavy atom. The summed E-state index contributed by atoms with van der Waals surface area (Å²) in [5, 5.41) is 33.3. The largest absolute Gasteiger partial charge is 0.392 e. The van der Waals surface area contributed by atoms with E-state index in [4.69, 9.17) is 26.3 Å². The number of aliphatic hydroxyl groups excluding tert-OH is 1. The Labute approximate surface area is 315 Å². The Balaban J connectivity index is 1.12. The molecule has 2 aliphatic rings. The second-order valence-electron chi connectivity index (χ2n) is 14.0. The van der Waals surface area contributed by atoms with E-state index in [0.717, 1.165) is 52.0 Å². The molecule has 53 heavy (non-hydrogen) atoms. The van der Waals surface area contributed by atoms with Crippen LogP contribution in [0.3, 0.4) is 0 Å². The number of nitrogens with zero attached hydrogens (tertiary/aromatic N) is 1. The van der Waals surface area contributed by atoms with Crippen LogP contribution in [-0.4, -0.2) is 57.9 Å². The molecule has 2 fully saturated rings. The number of rotatable bonds is 14. The first-order valence-corrected chi connectivity index (χ1v) is 18.7. The first-order chi connectivity index (χ1) is 25.7. The number of ether oxygens (including phenoxy) is 2. The number of hydrogen-bond acceptors (Lipinski definition) is 8. The maximum Gasteiger partial charge on any atom is 0.243 e. The van der Waals surface area contributed by atoms with Crippen LogP contribution in [0.2, 0.25) is 5.02 Å². The van der Waals surface area contributed by atoms with Crippen LogP contribution in [0.5, 0.6) is 0 Å². The van der Waals surface area contributed by atoms with Crippen LogP contribution in [0.1, 0.15) is 85.2 Å². The molecule has 4 aromatic rings. The lowest BCUT2D eigenvalue weighted by molar-refractivity contribution is -0.253. The number of hydrogen-bond donors (Lipinski definition) is 5. The van der Waals surface area contributed by atoms with E-state index in [1.54, 1.807) is 5.48 Å². The van der Waals surface area contributed by atoms with Crippen LogP contribution in [0.15, 0.2) is 97.1 Å². The van der Waals surface area contributed by atoms with Gasteiger partial charge in [-0.1, -0.05) is 84.4 Å². The van der Waals surface area contributed by atoms with Crippen molar-refractivity contribution in [1.29, 1.82) is 0 Å². The predicted octanol–water partition coefficient (Wildman–Crippen LogP) is 6.71. The molecule has 3 atom stereocenters. The van der Waals surface area contributed by atoms with E-state index in [-0.39, 0.29) is 31.1 Å². The van der Waals surface area contributed by atoms with Crippen molar-refractivity contribution in [2.75, 3.05) is 19.6 Å². The van der Waals surface area contributed by atoms with Crippen LogP contribution in [0.25, 0.3) is 11.1 Å². The number of carbonyl (C=O) groups excluding carboxylic acids is 2. The van der Waals surface area contributed by atoms with Gasteiger partial charge in [-0.25, -0.2) is 5.48 Å². The highest BCUT2D eigenvalue weighted by molar-refractivity contribution is 6.30. The second-order valence-corrected chi connectivity index (χ2v) is 14.5. The maximum absolute atomic E-state index is 12.4. The number of benzene rings is 4.